The number of methoxy groups -OCH3 is 1. The predicted octanol–water partition coefficient (Wildman–Crippen LogP) is 4.82. The fourth-order valence-electron chi connectivity index (χ4n) is 4.69. The van der Waals surface area contributed by atoms with Gasteiger partial charge < -0.3 is 19.9 Å². The largest absolute Gasteiger partial charge is 0.497 e. The molecule has 0 radical (unpaired) electrons. The average Bonchev–Trinajstić information content (AvgIpc) is 3.29. The van der Waals surface area contributed by atoms with Gasteiger partial charge in [0.1, 0.15) is 17.5 Å². The van der Waals surface area contributed by atoms with Crippen LogP contribution in [-0.2, 0) is 11.3 Å². The second-order valence-electron chi connectivity index (χ2n) is 10.3. The van der Waals surface area contributed by atoms with Crippen molar-refractivity contribution in [1.29, 1.82) is 0 Å². The molecule has 1 aromatic carbocycles. The Balaban J connectivity index is 1.55. The van der Waals surface area contributed by atoms with Crippen LogP contribution in [0.25, 0.3) is 0 Å². The number of rotatable bonds is 10. The quantitative estimate of drug-likeness (QED) is 0.376. The SMILES string of the molecule is COc1ccc(Oc2cnn(C(CC3CCCCC3)C(=O)Nc3ccn(CC(C)(C)O)n3)c(=O)c2)c(Cl)c1. The number of ether oxygens (including phenoxy) is 2. The van der Waals surface area contributed by atoms with Crippen LogP contribution in [-0.4, -0.2) is 43.3 Å². The minimum absolute atomic E-state index is 0.209. The minimum atomic E-state index is -0.950. The maximum Gasteiger partial charge on any atom is 0.271 e. The third-order valence-electron chi connectivity index (χ3n) is 6.49. The molecule has 0 aliphatic heterocycles. The van der Waals surface area contributed by atoms with Crippen LogP contribution in [0.4, 0.5) is 5.82 Å². The molecule has 2 N–H and O–H groups in total. The van der Waals surface area contributed by atoms with E-state index in [1.54, 1.807) is 49.0 Å². The molecule has 2 aromatic heterocycles. The smallest absolute Gasteiger partial charge is 0.271 e. The van der Waals surface area contributed by atoms with Gasteiger partial charge in [-0.05, 0) is 38.3 Å². The zero-order valence-electron chi connectivity index (χ0n) is 21.9. The summed E-state index contributed by atoms with van der Waals surface area (Å²) in [6.45, 7) is 3.64. The fraction of sp³-hybridized carbons (Fsp3) is 0.481. The van der Waals surface area contributed by atoms with Crippen molar-refractivity contribution in [1.82, 2.24) is 19.6 Å². The summed E-state index contributed by atoms with van der Waals surface area (Å²) >= 11 is 6.26. The Bertz CT molecular complexity index is 1310. The van der Waals surface area contributed by atoms with Crippen LogP contribution < -0.4 is 20.3 Å². The molecule has 1 aliphatic rings. The molecule has 1 atom stereocenters. The van der Waals surface area contributed by atoms with Crippen LogP contribution in [0, 0.1) is 5.92 Å². The molecule has 2 heterocycles. The Labute approximate surface area is 226 Å². The van der Waals surface area contributed by atoms with E-state index in [-0.39, 0.29) is 18.2 Å². The third kappa shape index (κ3) is 7.35. The van der Waals surface area contributed by atoms with Crippen LogP contribution >= 0.6 is 11.6 Å². The number of nitrogens with zero attached hydrogens (tertiary/aromatic N) is 4. The first-order valence-electron chi connectivity index (χ1n) is 12.8. The van der Waals surface area contributed by atoms with Crippen molar-refractivity contribution in [3.63, 3.8) is 0 Å². The molecule has 3 aromatic rings. The van der Waals surface area contributed by atoms with Crippen molar-refractivity contribution < 1.29 is 19.4 Å². The van der Waals surface area contributed by atoms with E-state index < -0.39 is 17.2 Å². The van der Waals surface area contributed by atoms with Gasteiger partial charge in [-0.3, -0.25) is 14.3 Å². The lowest BCUT2D eigenvalue weighted by atomic mass is 9.84. The lowest BCUT2D eigenvalue weighted by molar-refractivity contribution is -0.120. The van der Waals surface area contributed by atoms with Gasteiger partial charge in [0.15, 0.2) is 11.6 Å². The van der Waals surface area contributed by atoms with Gasteiger partial charge in [0.05, 0.1) is 30.5 Å². The summed E-state index contributed by atoms with van der Waals surface area (Å²) in [5.41, 5.74) is -1.41. The lowest BCUT2D eigenvalue weighted by Crippen LogP contribution is -2.36. The zero-order chi connectivity index (χ0) is 27.3. The molecule has 11 heteroatoms. The van der Waals surface area contributed by atoms with Gasteiger partial charge in [-0.15, -0.1) is 0 Å². The standard InChI is InChI=1S/C27H34ClN5O5/c1-27(2,36)17-32-12-11-24(31-32)30-26(35)22(13-18-7-5-4-6-8-18)33-25(34)15-20(16-29-33)38-23-10-9-19(37-3)14-21(23)28/h9-12,14-16,18,22,36H,4-8,13,17H2,1-3H3,(H,30,31,35). The number of nitrogens with one attached hydrogen (secondary N) is 1. The Hall–Kier alpha value is -3.37. The Morgan fingerprint density at radius 3 is 2.63 bits per heavy atom. The molecule has 4 rings (SSSR count). The highest BCUT2D eigenvalue weighted by atomic mass is 35.5. The zero-order valence-corrected chi connectivity index (χ0v) is 22.6. The van der Waals surface area contributed by atoms with Crippen LogP contribution in [0.1, 0.15) is 58.4 Å². The highest BCUT2D eigenvalue weighted by molar-refractivity contribution is 6.32. The first kappa shape index (κ1) is 27.7. The van der Waals surface area contributed by atoms with Crippen LogP contribution in [0.5, 0.6) is 17.2 Å². The second-order valence-corrected chi connectivity index (χ2v) is 10.7. The number of hydrogen-bond acceptors (Lipinski definition) is 7. The number of carbonyl (C=O) groups is 1. The average molecular weight is 544 g/mol. The number of benzene rings is 1. The highest BCUT2D eigenvalue weighted by Crippen LogP contribution is 2.33. The number of halogens is 1. The third-order valence-corrected chi connectivity index (χ3v) is 6.78. The van der Waals surface area contributed by atoms with Crippen LogP contribution in [0.3, 0.4) is 0 Å². The maximum absolute atomic E-state index is 13.4. The summed E-state index contributed by atoms with van der Waals surface area (Å²) in [5.74, 6) is 1.43. The fourth-order valence-corrected chi connectivity index (χ4v) is 4.90. The van der Waals surface area contributed by atoms with Gasteiger partial charge in [0.25, 0.3) is 11.5 Å². The molecule has 0 saturated heterocycles. The van der Waals surface area contributed by atoms with E-state index in [0.717, 1.165) is 25.7 Å². The molecule has 10 nitrogen and oxygen atoms in total. The van der Waals surface area contributed by atoms with Crippen molar-refractivity contribution in [3.8, 4) is 17.2 Å². The molecule has 0 spiro atoms. The number of aromatic nitrogens is 4. The molecular formula is C27H34ClN5O5. The van der Waals surface area contributed by atoms with Crippen molar-refractivity contribution in [2.75, 3.05) is 12.4 Å². The van der Waals surface area contributed by atoms with E-state index in [2.05, 4.69) is 15.5 Å². The molecule has 1 aliphatic carbocycles. The molecule has 1 unspecified atom stereocenters. The number of amides is 1. The Morgan fingerprint density at radius 2 is 1.97 bits per heavy atom. The summed E-state index contributed by atoms with van der Waals surface area (Å²) in [6.07, 6.45) is 9.01. The van der Waals surface area contributed by atoms with E-state index in [1.165, 1.54) is 30.5 Å². The minimum Gasteiger partial charge on any atom is -0.497 e. The summed E-state index contributed by atoms with van der Waals surface area (Å²) in [5, 5.41) is 21.8. The predicted molar refractivity (Wildman–Crippen MR) is 144 cm³/mol. The lowest BCUT2D eigenvalue weighted by Gasteiger charge is -2.26. The maximum atomic E-state index is 13.4. The monoisotopic (exact) mass is 543 g/mol. The summed E-state index contributed by atoms with van der Waals surface area (Å²) in [6, 6.07) is 7.09. The first-order valence-corrected chi connectivity index (χ1v) is 13.2. The van der Waals surface area contributed by atoms with Crippen molar-refractivity contribution in [2.45, 2.75) is 70.6 Å². The van der Waals surface area contributed by atoms with E-state index >= 15 is 0 Å². The molecule has 1 amide bonds. The molecule has 1 saturated carbocycles. The van der Waals surface area contributed by atoms with E-state index in [9.17, 15) is 14.7 Å². The van der Waals surface area contributed by atoms with Gasteiger partial charge in [0.2, 0.25) is 0 Å². The Kier molecular flexibility index (Phi) is 8.73. The summed E-state index contributed by atoms with van der Waals surface area (Å²) in [4.78, 5) is 26.6. The van der Waals surface area contributed by atoms with Crippen molar-refractivity contribution in [2.24, 2.45) is 5.92 Å². The Morgan fingerprint density at radius 1 is 1.21 bits per heavy atom. The molecule has 0 bridgehead atoms. The van der Waals surface area contributed by atoms with Gasteiger partial charge in [0, 0.05) is 24.4 Å². The number of hydrogen-bond donors (Lipinski definition) is 2. The van der Waals surface area contributed by atoms with E-state index in [1.807, 2.05) is 0 Å². The number of carbonyl (C=O) groups excluding carboxylic acids is 1. The van der Waals surface area contributed by atoms with Gasteiger partial charge in [-0.1, -0.05) is 43.7 Å². The number of aliphatic hydroxyl groups is 1. The molecule has 38 heavy (non-hydrogen) atoms. The van der Waals surface area contributed by atoms with E-state index in [0.29, 0.717) is 34.7 Å². The first-order chi connectivity index (χ1) is 18.1. The van der Waals surface area contributed by atoms with Crippen molar-refractivity contribution >= 4 is 23.3 Å². The second kappa shape index (κ2) is 12.0. The molecular weight excluding hydrogens is 510 g/mol. The highest BCUT2D eigenvalue weighted by Gasteiger charge is 2.28. The van der Waals surface area contributed by atoms with E-state index in [4.69, 9.17) is 21.1 Å². The van der Waals surface area contributed by atoms with Gasteiger partial charge >= 0.3 is 0 Å². The molecule has 204 valence electrons. The molecule has 1 fully saturated rings. The topological polar surface area (TPSA) is 120 Å². The summed E-state index contributed by atoms with van der Waals surface area (Å²) in [7, 11) is 1.54. The van der Waals surface area contributed by atoms with Crippen molar-refractivity contribution in [3.05, 3.63) is 58.1 Å². The summed E-state index contributed by atoms with van der Waals surface area (Å²) < 4.78 is 13.7. The van der Waals surface area contributed by atoms with Gasteiger partial charge in [-0.25, -0.2) is 4.68 Å². The van der Waals surface area contributed by atoms with Gasteiger partial charge in [-0.2, -0.15) is 10.2 Å². The normalized spacial score (nSPS) is 15.2. The van der Waals surface area contributed by atoms with Crippen LogP contribution in [0.2, 0.25) is 5.02 Å². The van der Waals surface area contributed by atoms with Crippen LogP contribution in [0.15, 0.2) is 47.5 Å². The number of anilines is 1.